The fraction of sp³-hybridized carbons (Fsp3) is 0.263. The number of sulfone groups is 1. The van der Waals surface area contributed by atoms with Crippen LogP contribution in [0.5, 0.6) is 0 Å². The number of aromatic nitrogens is 1. The summed E-state index contributed by atoms with van der Waals surface area (Å²) in [5.41, 5.74) is 1.68. The molecule has 0 aliphatic rings. The van der Waals surface area contributed by atoms with Gasteiger partial charge in [0, 0.05) is 22.0 Å². The minimum Gasteiger partial charge on any atom is -0.465 e. The van der Waals surface area contributed by atoms with E-state index in [9.17, 15) is 13.2 Å². The number of benzene rings is 2. The zero-order valence-corrected chi connectivity index (χ0v) is 16.6. The lowest BCUT2D eigenvalue weighted by Gasteiger charge is -2.22. The van der Waals surface area contributed by atoms with Gasteiger partial charge < -0.3 is 9.26 Å². The van der Waals surface area contributed by atoms with E-state index in [2.05, 4.69) is 5.16 Å². The number of hydrogen-bond acceptors (Lipinski definition) is 6. The highest BCUT2D eigenvalue weighted by molar-refractivity contribution is 7.93. The molecule has 0 N–H and O–H groups in total. The lowest BCUT2D eigenvalue weighted by atomic mass is 10.1. The maximum absolute atomic E-state index is 13.0. The van der Waals surface area contributed by atoms with Crippen LogP contribution < -0.4 is 0 Å². The monoisotopic (exact) mass is 407 g/mol. The Labute approximate surface area is 162 Å². The molecule has 0 aliphatic heterocycles. The molecule has 0 amide bonds. The second-order valence-corrected chi connectivity index (χ2v) is 9.37. The van der Waals surface area contributed by atoms with E-state index in [0.717, 1.165) is 5.56 Å². The molecule has 0 saturated heterocycles. The highest BCUT2D eigenvalue weighted by atomic mass is 35.5. The number of ether oxygens (including phenoxy) is 1. The van der Waals surface area contributed by atoms with Crippen molar-refractivity contribution in [2.24, 2.45) is 0 Å². The summed E-state index contributed by atoms with van der Waals surface area (Å²) < 4.78 is 34.4. The highest BCUT2D eigenvalue weighted by Crippen LogP contribution is 2.33. The van der Waals surface area contributed by atoms with Crippen LogP contribution in [0.1, 0.15) is 20.8 Å². The Morgan fingerprint density at radius 1 is 1.19 bits per heavy atom. The van der Waals surface area contributed by atoms with Crippen LogP contribution >= 0.6 is 11.6 Å². The number of carbonyl (C=O) groups is 1. The molecular weight excluding hydrogens is 390 g/mol. The largest absolute Gasteiger partial charge is 0.465 e. The van der Waals surface area contributed by atoms with Crippen LogP contribution in [0.2, 0.25) is 5.02 Å². The average Bonchev–Trinajstić information content (AvgIpc) is 3.05. The summed E-state index contributed by atoms with van der Waals surface area (Å²) >= 11 is 5.90. The number of carbonyl (C=O) groups excluding carboxylic acids is 1. The summed E-state index contributed by atoms with van der Waals surface area (Å²) in [6.45, 7) is 4.37. The van der Waals surface area contributed by atoms with Crippen molar-refractivity contribution in [3.63, 3.8) is 0 Å². The molecule has 0 saturated carbocycles. The van der Waals surface area contributed by atoms with E-state index in [1.54, 1.807) is 37.3 Å². The van der Waals surface area contributed by atoms with Gasteiger partial charge in [0.1, 0.15) is 5.69 Å². The summed E-state index contributed by atoms with van der Waals surface area (Å²) in [6, 6.07) is 11.5. The number of nitrogens with zero attached hydrogens (tertiary/aromatic N) is 1. The lowest BCUT2D eigenvalue weighted by Crippen LogP contribution is -2.42. The van der Waals surface area contributed by atoms with Gasteiger partial charge >= 0.3 is 5.97 Å². The smallest absolute Gasteiger partial charge is 0.327 e. The Morgan fingerprint density at radius 3 is 2.48 bits per heavy atom. The van der Waals surface area contributed by atoms with Crippen LogP contribution in [0, 0.1) is 0 Å². The van der Waals surface area contributed by atoms with Gasteiger partial charge in [0.25, 0.3) is 0 Å². The minimum absolute atomic E-state index is 0.0353. The number of fused-ring (bicyclic) bond motifs is 1. The second kappa shape index (κ2) is 6.98. The van der Waals surface area contributed by atoms with Gasteiger partial charge in [0.05, 0.1) is 11.5 Å². The Kier molecular flexibility index (Phi) is 5.01. The molecule has 0 fully saturated rings. The first-order chi connectivity index (χ1) is 12.7. The van der Waals surface area contributed by atoms with Crippen molar-refractivity contribution in [1.82, 2.24) is 5.16 Å². The third-order valence-corrected chi connectivity index (χ3v) is 6.95. The first kappa shape index (κ1) is 19.4. The fourth-order valence-corrected chi connectivity index (χ4v) is 4.11. The van der Waals surface area contributed by atoms with Crippen molar-refractivity contribution in [3.8, 4) is 11.3 Å². The van der Waals surface area contributed by atoms with E-state index < -0.39 is 20.6 Å². The first-order valence-electron chi connectivity index (χ1n) is 8.25. The molecule has 1 aromatic heterocycles. The van der Waals surface area contributed by atoms with Gasteiger partial charge in [-0.1, -0.05) is 28.9 Å². The first-order valence-corrected chi connectivity index (χ1v) is 10.1. The Bertz CT molecular complexity index is 1100. The number of esters is 1. The molecule has 2 aromatic carbocycles. The van der Waals surface area contributed by atoms with Crippen molar-refractivity contribution in [1.29, 1.82) is 0 Å². The van der Waals surface area contributed by atoms with Crippen molar-refractivity contribution in [2.75, 3.05) is 6.61 Å². The maximum Gasteiger partial charge on any atom is 0.327 e. The standard InChI is InChI=1S/C19H18ClNO5S/c1-4-25-18(22)19(2,3)27(23,24)14-9-10-15-16(11-14)26-21-17(15)12-5-7-13(20)8-6-12/h5-11H,4H2,1-3H3. The molecule has 0 unspecified atom stereocenters. The molecule has 0 aliphatic carbocycles. The van der Waals surface area contributed by atoms with Crippen LogP contribution in [-0.4, -0.2) is 30.9 Å². The second-order valence-electron chi connectivity index (χ2n) is 6.43. The fourth-order valence-electron chi connectivity index (χ4n) is 2.61. The molecule has 0 bridgehead atoms. The summed E-state index contributed by atoms with van der Waals surface area (Å²) in [4.78, 5) is 12.1. The van der Waals surface area contributed by atoms with E-state index in [0.29, 0.717) is 21.7 Å². The Balaban J connectivity index is 2.05. The molecule has 0 radical (unpaired) electrons. The highest BCUT2D eigenvalue weighted by Gasteiger charge is 2.44. The number of rotatable bonds is 5. The predicted molar refractivity (Wildman–Crippen MR) is 102 cm³/mol. The van der Waals surface area contributed by atoms with Crippen LogP contribution in [0.25, 0.3) is 22.2 Å². The maximum atomic E-state index is 13.0. The van der Waals surface area contributed by atoms with Crippen molar-refractivity contribution < 1.29 is 22.5 Å². The Morgan fingerprint density at radius 2 is 1.85 bits per heavy atom. The molecule has 8 heteroatoms. The topological polar surface area (TPSA) is 86.5 Å². The van der Waals surface area contributed by atoms with Crippen molar-refractivity contribution in [2.45, 2.75) is 30.4 Å². The van der Waals surface area contributed by atoms with Crippen LogP contribution in [0.4, 0.5) is 0 Å². The molecule has 142 valence electrons. The van der Waals surface area contributed by atoms with E-state index in [-0.39, 0.29) is 11.5 Å². The number of hydrogen-bond donors (Lipinski definition) is 0. The quantitative estimate of drug-likeness (QED) is 0.587. The molecule has 1 heterocycles. The van der Waals surface area contributed by atoms with Gasteiger partial charge in [-0.15, -0.1) is 0 Å². The predicted octanol–water partition coefficient (Wildman–Crippen LogP) is 4.26. The average molecular weight is 408 g/mol. The summed E-state index contributed by atoms with van der Waals surface area (Å²) in [7, 11) is -3.99. The zero-order chi connectivity index (χ0) is 19.8. The van der Waals surface area contributed by atoms with E-state index in [4.69, 9.17) is 20.9 Å². The van der Waals surface area contributed by atoms with Gasteiger partial charge in [-0.2, -0.15) is 0 Å². The summed E-state index contributed by atoms with van der Waals surface area (Å²) in [6.07, 6.45) is 0. The van der Waals surface area contributed by atoms with E-state index >= 15 is 0 Å². The minimum atomic E-state index is -3.99. The van der Waals surface area contributed by atoms with Crippen molar-refractivity contribution in [3.05, 3.63) is 47.5 Å². The third kappa shape index (κ3) is 3.33. The zero-order valence-electron chi connectivity index (χ0n) is 15.0. The van der Waals surface area contributed by atoms with Crippen LogP contribution in [-0.2, 0) is 19.4 Å². The lowest BCUT2D eigenvalue weighted by molar-refractivity contribution is -0.145. The van der Waals surface area contributed by atoms with E-state index in [1.165, 1.54) is 26.0 Å². The SMILES string of the molecule is CCOC(=O)C(C)(C)S(=O)(=O)c1ccc2c(-c3ccc(Cl)cc3)noc2c1. The molecule has 3 rings (SSSR count). The molecule has 0 atom stereocenters. The molecule has 6 nitrogen and oxygen atoms in total. The number of halogens is 1. The Hall–Kier alpha value is -2.38. The van der Waals surface area contributed by atoms with Gasteiger partial charge in [-0.3, -0.25) is 4.79 Å². The van der Waals surface area contributed by atoms with Gasteiger partial charge in [-0.25, -0.2) is 8.42 Å². The molecule has 27 heavy (non-hydrogen) atoms. The normalized spacial score (nSPS) is 12.3. The molecular formula is C19H18ClNO5S. The molecule has 0 spiro atoms. The van der Waals surface area contributed by atoms with Crippen LogP contribution in [0.3, 0.4) is 0 Å². The van der Waals surface area contributed by atoms with Crippen molar-refractivity contribution >= 4 is 38.4 Å². The summed E-state index contributed by atoms with van der Waals surface area (Å²) in [5.74, 6) is -0.801. The molecule has 3 aromatic rings. The van der Waals surface area contributed by atoms with E-state index in [1.807, 2.05) is 0 Å². The summed E-state index contributed by atoms with van der Waals surface area (Å²) in [5, 5.41) is 5.30. The van der Waals surface area contributed by atoms with Gasteiger partial charge in [-0.05, 0) is 45.0 Å². The third-order valence-electron chi connectivity index (χ3n) is 4.31. The van der Waals surface area contributed by atoms with Gasteiger partial charge in [0.2, 0.25) is 0 Å². The van der Waals surface area contributed by atoms with Crippen LogP contribution in [0.15, 0.2) is 51.9 Å². The van der Waals surface area contributed by atoms with Gasteiger partial charge in [0.15, 0.2) is 20.2 Å².